The summed E-state index contributed by atoms with van der Waals surface area (Å²) in [5.41, 5.74) is -0.759. The molecule has 0 aromatic rings. The van der Waals surface area contributed by atoms with Crippen molar-refractivity contribution in [3.8, 4) is 0 Å². The fourth-order valence-corrected chi connectivity index (χ4v) is 2.00. The van der Waals surface area contributed by atoms with Crippen molar-refractivity contribution < 1.29 is 34.4 Å². The Morgan fingerprint density at radius 1 is 1.20 bits per heavy atom. The smallest absolute Gasteiger partial charge is 0.411 e. The Kier molecular flexibility index (Phi) is 4.62. The molecular weight excluding hydrogens is 270 g/mol. The van der Waals surface area contributed by atoms with Crippen LogP contribution in [0, 0.1) is 5.92 Å². The highest BCUT2D eigenvalue weighted by Crippen LogP contribution is 2.31. The summed E-state index contributed by atoms with van der Waals surface area (Å²) >= 11 is 0. The SMILES string of the molecule is COC(=O)[C@@H]1C[C@H](C(O)(O)O)CN1C(=O)OC(C)(C)C. The zero-order chi connectivity index (χ0) is 15.7. The minimum absolute atomic E-state index is 0.130. The van der Waals surface area contributed by atoms with Crippen molar-refractivity contribution in [2.24, 2.45) is 5.92 Å². The van der Waals surface area contributed by atoms with E-state index >= 15 is 0 Å². The van der Waals surface area contributed by atoms with Crippen LogP contribution < -0.4 is 0 Å². The normalized spacial score (nSPS) is 23.6. The predicted molar refractivity (Wildman–Crippen MR) is 66.2 cm³/mol. The molecule has 0 saturated carbocycles. The Morgan fingerprint density at radius 3 is 2.15 bits per heavy atom. The summed E-state index contributed by atoms with van der Waals surface area (Å²) in [5.74, 6) is -4.76. The van der Waals surface area contributed by atoms with Crippen LogP contribution in [0.4, 0.5) is 4.79 Å². The van der Waals surface area contributed by atoms with Gasteiger partial charge in [0.1, 0.15) is 11.6 Å². The number of methoxy groups -OCH3 is 1. The van der Waals surface area contributed by atoms with Gasteiger partial charge in [0, 0.05) is 6.54 Å². The van der Waals surface area contributed by atoms with Gasteiger partial charge in [-0.2, -0.15) is 0 Å². The highest BCUT2D eigenvalue weighted by Gasteiger charge is 2.48. The maximum atomic E-state index is 12.0. The zero-order valence-electron chi connectivity index (χ0n) is 12.0. The van der Waals surface area contributed by atoms with Crippen LogP contribution in [0.25, 0.3) is 0 Å². The van der Waals surface area contributed by atoms with Gasteiger partial charge in [-0.25, -0.2) is 9.59 Å². The molecule has 0 aromatic carbocycles. The number of carbonyl (C=O) groups is 2. The standard InChI is InChI=1S/C12H21NO7/c1-11(2,3)20-10(15)13-6-7(12(16,17)18)5-8(13)9(14)19-4/h7-8,16-18H,5-6H2,1-4H3/t7-,8-/m0/s1. The highest BCUT2D eigenvalue weighted by molar-refractivity contribution is 5.82. The maximum absolute atomic E-state index is 12.0. The molecule has 1 amide bonds. The van der Waals surface area contributed by atoms with E-state index in [-0.39, 0.29) is 13.0 Å². The van der Waals surface area contributed by atoms with E-state index < -0.39 is 35.6 Å². The number of hydrogen-bond donors (Lipinski definition) is 3. The summed E-state index contributed by atoms with van der Waals surface area (Å²) in [4.78, 5) is 24.7. The van der Waals surface area contributed by atoms with Crippen molar-refractivity contribution >= 4 is 12.1 Å². The Hall–Kier alpha value is -1.38. The summed E-state index contributed by atoms with van der Waals surface area (Å²) in [6, 6.07) is -1.02. The number of nitrogens with zero attached hydrogens (tertiary/aromatic N) is 1. The van der Waals surface area contributed by atoms with Crippen LogP contribution in [0.2, 0.25) is 0 Å². The van der Waals surface area contributed by atoms with E-state index in [1.807, 2.05) is 0 Å². The van der Waals surface area contributed by atoms with E-state index in [1.165, 1.54) is 0 Å². The van der Waals surface area contributed by atoms with Crippen molar-refractivity contribution in [3.63, 3.8) is 0 Å². The van der Waals surface area contributed by atoms with Crippen molar-refractivity contribution in [1.82, 2.24) is 4.90 Å². The minimum atomic E-state index is -2.97. The highest BCUT2D eigenvalue weighted by atomic mass is 16.7. The molecule has 0 spiro atoms. The second kappa shape index (κ2) is 5.55. The first-order valence-electron chi connectivity index (χ1n) is 6.20. The lowest BCUT2D eigenvalue weighted by atomic mass is 10.0. The molecular formula is C12H21NO7. The molecule has 8 nitrogen and oxygen atoms in total. The quantitative estimate of drug-likeness (QED) is 0.460. The molecule has 0 radical (unpaired) electrons. The second-order valence-electron chi connectivity index (χ2n) is 5.79. The fraction of sp³-hybridized carbons (Fsp3) is 0.833. The molecule has 3 N–H and O–H groups in total. The topological polar surface area (TPSA) is 117 Å². The lowest BCUT2D eigenvalue weighted by Crippen LogP contribution is -2.44. The largest absolute Gasteiger partial charge is 0.467 e. The Labute approximate surface area is 116 Å². The third kappa shape index (κ3) is 4.06. The van der Waals surface area contributed by atoms with Crippen LogP contribution in [0.1, 0.15) is 27.2 Å². The third-order valence-corrected chi connectivity index (χ3v) is 2.95. The van der Waals surface area contributed by atoms with Crippen molar-refractivity contribution in [1.29, 1.82) is 0 Å². The van der Waals surface area contributed by atoms with Gasteiger partial charge in [0.05, 0.1) is 13.0 Å². The Balaban J connectivity index is 2.90. The van der Waals surface area contributed by atoms with Gasteiger partial charge in [-0.15, -0.1) is 0 Å². The lowest BCUT2D eigenvalue weighted by molar-refractivity contribution is -0.339. The van der Waals surface area contributed by atoms with E-state index in [2.05, 4.69) is 4.74 Å². The minimum Gasteiger partial charge on any atom is -0.467 e. The predicted octanol–water partition coefficient (Wildman–Crippen LogP) is -0.584. The van der Waals surface area contributed by atoms with Crippen molar-refractivity contribution in [2.75, 3.05) is 13.7 Å². The van der Waals surface area contributed by atoms with Crippen LogP contribution in [-0.4, -0.2) is 63.6 Å². The summed E-state index contributed by atoms with van der Waals surface area (Å²) in [5, 5.41) is 27.6. The Bertz CT molecular complexity index is 382. The van der Waals surface area contributed by atoms with Gasteiger partial charge in [-0.3, -0.25) is 4.90 Å². The summed E-state index contributed by atoms with van der Waals surface area (Å²) in [6.45, 7) is 4.78. The van der Waals surface area contributed by atoms with Gasteiger partial charge in [-0.05, 0) is 27.2 Å². The first-order valence-corrected chi connectivity index (χ1v) is 6.20. The van der Waals surface area contributed by atoms with E-state index in [1.54, 1.807) is 20.8 Å². The monoisotopic (exact) mass is 291 g/mol. The zero-order valence-corrected chi connectivity index (χ0v) is 12.0. The molecule has 1 fully saturated rings. The molecule has 1 rings (SSSR count). The van der Waals surface area contributed by atoms with Gasteiger partial charge in [0.15, 0.2) is 0 Å². The number of likely N-dealkylation sites (tertiary alicyclic amines) is 1. The average molecular weight is 291 g/mol. The average Bonchev–Trinajstić information content (AvgIpc) is 2.69. The Morgan fingerprint density at radius 2 is 1.75 bits per heavy atom. The number of ether oxygens (including phenoxy) is 2. The van der Waals surface area contributed by atoms with Gasteiger partial charge < -0.3 is 24.8 Å². The van der Waals surface area contributed by atoms with Crippen LogP contribution in [0.15, 0.2) is 0 Å². The first kappa shape index (κ1) is 16.7. The molecule has 0 aromatic heterocycles. The van der Waals surface area contributed by atoms with E-state index in [0.717, 1.165) is 12.0 Å². The van der Waals surface area contributed by atoms with Crippen LogP contribution in [-0.2, 0) is 14.3 Å². The van der Waals surface area contributed by atoms with E-state index in [4.69, 9.17) is 4.74 Å². The molecule has 1 aliphatic rings. The summed E-state index contributed by atoms with van der Waals surface area (Å²) < 4.78 is 9.71. The lowest BCUT2D eigenvalue weighted by Gasteiger charge is -2.27. The number of carbonyl (C=O) groups excluding carboxylic acids is 2. The van der Waals surface area contributed by atoms with Crippen LogP contribution in [0.5, 0.6) is 0 Å². The molecule has 8 heteroatoms. The molecule has 116 valence electrons. The molecule has 20 heavy (non-hydrogen) atoms. The molecule has 0 aliphatic carbocycles. The number of aliphatic hydroxyl groups is 3. The van der Waals surface area contributed by atoms with Gasteiger partial charge in [0.2, 0.25) is 0 Å². The maximum Gasteiger partial charge on any atom is 0.411 e. The number of hydrogen-bond acceptors (Lipinski definition) is 7. The second-order valence-corrected chi connectivity index (χ2v) is 5.79. The van der Waals surface area contributed by atoms with Crippen LogP contribution >= 0.6 is 0 Å². The fourth-order valence-electron chi connectivity index (χ4n) is 2.00. The first-order chi connectivity index (χ1) is 8.95. The number of esters is 1. The van der Waals surface area contributed by atoms with Crippen molar-refractivity contribution in [3.05, 3.63) is 0 Å². The third-order valence-electron chi connectivity index (χ3n) is 2.95. The molecule has 2 atom stereocenters. The molecule has 1 aliphatic heterocycles. The molecule has 1 heterocycles. The summed E-state index contributed by atoms with van der Waals surface area (Å²) in [7, 11) is 1.16. The van der Waals surface area contributed by atoms with Gasteiger partial charge in [0.25, 0.3) is 5.97 Å². The van der Waals surface area contributed by atoms with Gasteiger partial charge in [-0.1, -0.05) is 0 Å². The van der Waals surface area contributed by atoms with Crippen LogP contribution in [0.3, 0.4) is 0 Å². The van der Waals surface area contributed by atoms with E-state index in [0.29, 0.717) is 0 Å². The van der Waals surface area contributed by atoms with Gasteiger partial charge >= 0.3 is 12.1 Å². The number of rotatable bonds is 2. The molecule has 0 unspecified atom stereocenters. The molecule has 0 bridgehead atoms. The van der Waals surface area contributed by atoms with Crippen molar-refractivity contribution in [2.45, 2.75) is 44.8 Å². The van der Waals surface area contributed by atoms with E-state index in [9.17, 15) is 24.9 Å². The number of amides is 1. The molecule has 1 saturated heterocycles. The summed E-state index contributed by atoms with van der Waals surface area (Å²) in [6.07, 6.45) is -0.908.